The number of aliphatic imine (C=N–C) groups is 1. The molecule has 2 aromatic rings. The smallest absolute Gasteiger partial charge is 0.403 e. The van der Waals surface area contributed by atoms with Crippen LogP contribution >= 0.6 is 0 Å². The van der Waals surface area contributed by atoms with Crippen molar-refractivity contribution in [2.45, 2.75) is 30.1 Å². The van der Waals surface area contributed by atoms with E-state index < -0.39 is 44.7 Å². The van der Waals surface area contributed by atoms with E-state index in [9.17, 15) is 34.8 Å². The third-order valence-corrected chi connectivity index (χ3v) is 5.90. The molecule has 0 amide bonds. The topological polar surface area (TPSA) is 98.5 Å². The third-order valence-electron chi connectivity index (χ3n) is 4.79. The predicted octanol–water partition coefficient (Wildman–Crippen LogP) is 5.08. The Morgan fingerprint density at radius 1 is 1.03 bits per heavy atom. The van der Waals surface area contributed by atoms with Gasteiger partial charge in [-0.25, -0.2) is 13.4 Å². The molecule has 190 valence electrons. The summed E-state index contributed by atoms with van der Waals surface area (Å²) < 4.78 is 105. The van der Waals surface area contributed by atoms with Gasteiger partial charge in [0.25, 0.3) is 0 Å². The van der Waals surface area contributed by atoms with Gasteiger partial charge in [-0.05, 0) is 54.8 Å². The fourth-order valence-corrected chi connectivity index (χ4v) is 3.80. The Hall–Kier alpha value is -3.12. The van der Waals surface area contributed by atoms with Gasteiger partial charge in [0.05, 0.1) is 16.2 Å². The maximum absolute atomic E-state index is 13.7. The van der Waals surface area contributed by atoms with Gasteiger partial charge in [0.2, 0.25) is 0 Å². The van der Waals surface area contributed by atoms with Crippen LogP contribution in [0.4, 0.5) is 26.3 Å². The Balaban J connectivity index is 2.88. The normalized spacial score (nSPS) is 14.3. The van der Waals surface area contributed by atoms with Crippen LogP contribution in [0.3, 0.4) is 0 Å². The maximum atomic E-state index is 13.7. The summed E-state index contributed by atoms with van der Waals surface area (Å²) in [6.07, 6.45) is -7.26. The van der Waals surface area contributed by atoms with Crippen molar-refractivity contribution in [1.29, 1.82) is 0 Å². The van der Waals surface area contributed by atoms with E-state index in [2.05, 4.69) is 4.99 Å². The largest absolute Gasteiger partial charge is 0.434 e. The molecule has 35 heavy (non-hydrogen) atoms. The average molecular weight is 520 g/mol. The third kappa shape index (κ3) is 7.69. The Morgan fingerprint density at radius 2 is 1.69 bits per heavy atom. The lowest BCUT2D eigenvalue weighted by Gasteiger charge is -2.16. The minimum absolute atomic E-state index is 0.0688. The van der Waals surface area contributed by atoms with Crippen molar-refractivity contribution in [3.63, 3.8) is 0 Å². The van der Waals surface area contributed by atoms with Crippen LogP contribution in [0.15, 0.2) is 76.4 Å². The molecule has 0 unspecified atom stereocenters. The molecule has 4 N–H and O–H groups in total. The zero-order valence-corrected chi connectivity index (χ0v) is 19.3. The second kappa shape index (κ2) is 11.1. The molecule has 0 bridgehead atoms. The first kappa shape index (κ1) is 28.1. The lowest BCUT2D eigenvalue weighted by Crippen LogP contribution is -2.17. The van der Waals surface area contributed by atoms with Gasteiger partial charge in [-0.2, -0.15) is 26.3 Å². The SMILES string of the molecule is CS(=O)(=O)c1cccc(C(=CC(=N/C(=C\N)C(F)(F)F)c2ccccc2C(F)(F)F)CCCN)c1. The highest BCUT2D eigenvalue weighted by Gasteiger charge is 2.36. The second-order valence-electron chi connectivity index (χ2n) is 7.45. The van der Waals surface area contributed by atoms with Crippen molar-refractivity contribution in [3.05, 3.63) is 83.2 Å². The van der Waals surface area contributed by atoms with Crippen LogP contribution in [0.2, 0.25) is 0 Å². The zero-order valence-electron chi connectivity index (χ0n) is 18.5. The number of alkyl halides is 6. The number of nitrogens with two attached hydrogens (primary N) is 2. The molecule has 2 aromatic carbocycles. The average Bonchev–Trinajstić information content (AvgIpc) is 2.77. The summed E-state index contributed by atoms with van der Waals surface area (Å²) in [6, 6.07) is 9.58. The van der Waals surface area contributed by atoms with Crippen LogP contribution in [0.1, 0.15) is 29.5 Å². The van der Waals surface area contributed by atoms with Gasteiger partial charge in [0.15, 0.2) is 15.5 Å². The van der Waals surface area contributed by atoms with Crippen molar-refractivity contribution >= 4 is 21.1 Å². The number of allylic oxidation sites excluding steroid dienone is 3. The second-order valence-corrected chi connectivity index (χ2v) is 9.47. The summed E-state index contributed by atoms with van der Waals surface area (Å²) in [6.45, 7) is 0.172. The van der Waals surface area contributed by atoms with Gasteiger partial charge in [-0.1, -0.05) is 30.3 Å². The van der Waals surface area contributed by atoms with E-state index in [1.807, 2.05) is 0 Å². The molecule has 0 fully saturated rings. The number of nitrogens with zero attached hydrogens (tertiary/aromatic N) is 1. The Kier molecular flexibility index (Phi) is 8.90. The minimum Gasteiger partial charge on any atom is -0.403 e. The van der Waals surface area contributed by atoms with Crippen LogP contribution < -0.4 is 11.5 Å². The minimum atomic E-state index is -5.03. The van der Waals surface area contributed by atoms with Crippen LogP contribution in [0, 0.1) is 0 Å². The van der Waals surface area contributed by atoms with E-state index in [0.717, 1.165) is 30.5 Å². The summed E-state index contributed by atoms with van der Waals surface area (Å²) in [5, 5.41) is 0. The van der Waals surface area contributed by atoms with E-state index in [-0.39, 0.29) is 35.2 Å². The number of sulfone groups is 1. The maximum Gasteiger partial charge on any atom is 0.434 e. The van der Waals surface area contributed by atoms with Crippen molar-refractivity contribution in [3.8, 4) is 0 Å². The molecule has 0 radical (unpaired) electrons. The molecule has 2 rings (SSSR count). The molecule has 0 aromatic heterocycles. The van der Waals surface area contributed by atoms with Gasteiger partial charge in [-0.15, -0.1) is 0 Å². The molecule has 0 aliphatic heterocycles. The standard InChI is InChI=1S/C23H23F6N3O2S/c1-35(33,34)17-8-4-6-15(12-17)16(7-5-11-30)13-20(32-21(14-31)23(27,28)29)18-9-2-3-10-19(18)22(24,25)26/h2-4,6,8-10,12-14H,5,7,11,30-31H2,1H3/b16-13?,21-14-,32-20?. The summed E-state index contributed by atoms with van der Waals surface area (Å²) in [7, 11) is -3.63. The molecule has 0 heterocycles. The molecule has 0 saturated carbocycles. The lowest BCUT2D eigenvalue weighted by molar-refractivity contribution is -0.137. The van der Waals surface area contributed by atoms with Gasteiger partial charge < -0.3 is 11.5 Å². The molecular formula is C23H23F6N3O2S. The van der Waals surface area contributed by atoms with Crippen molar-refractivity contribution in [2.75, 3.05) is 12.8 Å². The van der Waals surface area contributed by atoms with Gasteiger partial charge >= 0.3 is 12.4 Å². The molecule has 0 saturated heterocycles. The molecular weight excluding hydrogens is 496 g/mol. The number of hydrogen-bond donors (Lipinski definition) is 2. The summed E-state index contributed by atoms with van der Waals surface area (Å²) in [4.78, 5) is 3.39. The Bertz CT molecular complexity index is 1250. The highest BCUT2D eigenvalue weighted by molar-refractivity contribution is 7.90. The molecule has 0 aliphatic carbocycles. The highest BCUT2D eigenvalue weighted by atomic mass is 32.2. The van der Waals surface area contributed by atoms with Crippen LogP contribution in [-0.2, 0) is 16.0 Å². The first-order chi connectivity index (χ1) is 16.2. The Labute approximate surface area is 198 Å². The quantitative estimate of drug-likeness (QED) is 0.375. The van der Waals surface area contributed by atoms with Gasteiger partial charge in [-0.3, -0.25) is 0 Å². The molecule has 0 spiro atoms. The van der Waals surface area contributed by atoms with Crippen molar-refractivity contribution < 1.29 is 34.8 Å². The number of benzene rings is 2. The first-order valence-corrected chi connectivity index (χ1v) is 12.0. The summed E-state index contributed by atoms with van der Waals surface area (Å²) in [5.74, 6) is 0. The molecule has 5 nitrogen and oxygen atoms in total. The van der Waals surface area contributed by atoms with Crippen LogP contribution in [0.25, 0.3) is 5.57 Å². The Morgan fingerprint density at radius 3 is 2.23 bits per heavy atom. The van der Waals surface area contributed by atoms with Gasteiger partial charge in [0, 0.05) is 18.0 Å². The highest BCUT2D eigenvalue weighted by Crippen LogP contribution is 2.34. The lowest BCUT2D eigenvalue weighted by atomic mass is 9.95. The van der Waals surface area contributed by atoms with E-state index in [1.165, 1.54) is 30.3 Å². The molecule has 0 aliphatic rings. The van der Waals surface area contributed by atoms with Crippen molar-refractivity contribution in [1.82, 2.24) is 0 Å². The number of halogens is 6. The predicted molar refractivity (Wildman–Crippen MR) is 122 cm³/mol. The molecule has 0 atom stereocenters. The van der Waals surface area contributed by atoms with E-state index in [0.29, 0.717) is 6.42 Å². The monoisotopic (exact) mass is 519 g/mol. The van der Waals surface area contributed by atoms with Crippen molar-refractivity contribution in [2.24, 2.45) is 16.5 Å². The van der Waals surface area contributed by atoms with Crippen LogP contribution in [0.5, 0.6) is 0 Å². The first-order valence-electron chi connectivity index (χ1n) is 10.1. The van der Waals surface area contributed by atoms with E-state index in [4.69, 9.17) is 11.5 Å². The zero-order chi connectivity index (χ0) is 26.4. The summed E-state index contributed by atoms with van der Waals surface area (Å²) in [5.41, 5.74) is 7.13. The number of hydrogen-bond acceptors (Lipinski definition) is 5. The summed E-state index contributed by atoms with van der Waals surface area (Å²) >= 11 is 0. The molecule has 12 heteroatoms. The van der Waals surface area contributed by atoms with E-state index in [1.54, 1.807) is 0 Å². The van der Waals surface area contributed by atoms with Gasteiger partial charge in [0.1, 0.15) is 0 Å². The number of rotatable bonds is 8. The fourth-order valence-electron chi connectivity index (χ4n) is 3.13. The fraction of sp³-hybridized carbons (Fsp3) is 0.261. The van der Waals surface area contributed by atoms with E-state index >= 15 is 0 Å². The van der Waals surface area contributed by atoms with Crippen LogP contribution in [-0.4, -0.2) is 33.1 Å².